The van der Waals surface area contributed by atoms with Gasteiger partial charge in [0.05, 0.1) is 11.9 Å². The third-order valence-electron chi connectivity index (χ3n) is 2.06. The van der Waals surface area contributed by atoms with Crippen LogP contribution in [-0.2, 0) is 0 Å². The van der Waals surface area contributed by atoms with Gasteiger partial charge in [0.15, 0.2) is 0 Å². The van der Waals surface area contributed by atoms with Crippen LogP contribution in [0, 0.1) is 11.8 Å². The molecule has 0 fully saturated rings. The number of nitrogens with one attached hydrogen (secondary N) is 2. The van der Waals surface area contributed by atoms with Crippen LogP contribution in [0.25, 0.3) is 0 Å². The molecule has 0 saturated carbocycles. The largest absolute Gasteiger partial charge is 0.384 e. The minimum atomic E-state index is -0.321. The zero-order valence-electron chi connectivity index (χ0n) is 9.34. The monoisotopic (exact) mass is 242 g/mol. The van der Waals surface area contributed by atoms with E-state index in [1.807, 2.05) is 0 Å². The zero-order valence-corrected chi connectivity index (χ0v) is 9.34. The maximum absolute atomic E-state index is 11.7. The van der Waals surface area contributed by atoms with E-state index >= 15 is 0 Å². The first-order valence-corrected chi connectivity index (χ1v) is 5.15. The third-order valence-corrected chi connectivity index (χ3v) is 2.06. The Morgan fingerprint density at radius 1 is 1.44 bits per heavy atom. The van der Waals surface area contributed by atoms with Crippen LogP contribution in [0.1, 0.15) is 16.1 Å². The molecule has 2 rings (SSSR count). The number of pyridine rings is 1. The second kappa shape index (κ2) is 5.61. The Hall–Kier alpha value is -2.65. The van der Waals surface area contributed by atoms with E-state index in [1.165, 1.54) is 12.4 Å². The van der Waals surface area contributed by atoms with Crippen molar-refractivity contribution >= 4 is 11.6 Å². The Balaban J connectivity index is 2.07. The van der Waals surface area contributed by atoms with Crippen molar-refractivity contribution in [3.8, 4) is 11.8 Å². The highest BCUT2D eigenvalue weighted by molar-refractivity contribution is 6.02. The van der Waals surface area contributed by atoms with E-state index in [0.29, 0.717) is 11.3 Å². The summed E-state index contributed by atoms with van der Waals surface area (Å²) in [6, 6.07) is 3.23. The fraction of sp³-hybridized carbons (Fsp3) is 0.0833. The van der Waals surface area contributed by atoms with Crippen molar-refractivity contribution in [1.29, 1.82) is 0 Å². The summed E-state index contributed by atoms with van der Waals surface area (Å²) in [6.07, 6.45) is 4.55. The van der Waals surface area contributed by atoms with Gasteiger partial charge in [-0.05, 0) is 12.1 Å². The molecule has 6 nitrogen and oxygen atoms in total. The van der Waals surface area contributed by atoms with Crippen molar-refractivity contribution in [2.24, 2.45) is 0 Å². The third kappa shape index (κ3) is 2.93. The van der Waals surface area contributed by atoms with Gasteiger partial charge in [0.1, 0.15) is 12.3 Å². The summed E-state index contributed by atoms with van der Waals surface area (Å²) in [5.74, 6) is 4.88. The summed E-state index contributed by atoms with van der Waals surface area (Å²) < 4.78 is 0. The van der Waals surface area contributed by atoms with Crippen molar-refractivity contribution in [2.75, 3.05) is 11.9 Å². The van der Waals surface area contributed by atoms with Gasteiger partial charge < -0.3 is 10.4 Å². The Kier molecular flexibility index (Phi) is 3.69. The van der Waals surface area contributed by atoms with Gasteiger partial charge in [-0.3, -0.25) is 9.89 Å². The van der Waals surface area contributed by atoms with Gasteiger partial charge >= 0.3 is 0 Å². The average molecular weight is 242 g/mol. The molecule has 0 bridgehead atoms. The normalized spacial score (nSPS) is 9.39. The fourth-order valence-electron chi connectivity index (χ4n) is 1.26. The Morgan fingerprint density at radius 3 is 2.94 bits per heavy atom. The summed E-state index contributed by atoms with van der Waals surface area (Å²) >= 11 is 0. The second-order valence-electron chi connectivity index (χ2n) is 3.33. The van der Waals surface area contributed by atoms with Crippen LogP contribution in [0.4, 0.5) is 5.69 Å². The summed E-state index contributed by atoms with van der Waals surface area (Å²) in [5, 5.41) is 17.5. The van der Waals surface area contributed by atoms with Gasteiger partial charge in [0.25, 0.3) is 5.91 Å². The lowest BCUT2D eigenvalue weighted by Gasteiger charge is -2.01. The number of nitrogens with zero attached hydrogens (tertiary/aromatic N) is 2. The molecule has 0 spiro atoms. The average Bonchev–Trinajstić information content (AvgIpc) is 2.89. The molecule has 0 radical (unpaired) electrons. The van der Waals surface area contributed by atoms with Crippen LogP contribution >= 0.6 is 0 Å². The molecule has 6 heteroatoms. The van der Waals surface area contributed by atoms with Crippen LogP contribution in [0.3, 0.4) is 0 Å². The lowest BCUT2D eigenvalue weighted by molar-refractivity contribution is 0.102. The molecule has 0 saturated heterocycles. The van der Waals surface area contributed by atoms with Gasteiger partial charge in [-0.25, -0.2) is 4.98 Å². The number of aromatic amines is 1. The number of aliphatic hydroxyl groups is 1. The molecule has 0 aromatic carbocycles. The molecule has 0 aliphatic carbocycles. The number of H-pyrrole nitrogens is 1. The summed E-state index contributed by atoms with van der Waals surface area (Å²) in [4.78, 5) is 15.7. The molecule has 2 aromatic rings. The topological polar surface area (TPSA) is 90.9 Å². The van der Waals surface area contributed by atoms with Crippen LogP contribution < -0.4 is 5.32 Å². The number of aliphatic hydroxyl groups excluding tert-OH is 1. The lowest BCUT2D eigenvalue weighted by Crippen LogP contribution is -2.13. The SMILES string of the molecule is O=C(Nc1cn[nH]c1)c1ccc(C#CCO)cn1. The van der Waals surface area contributed by atoms with Crippen molar-refractivity contribution in [2.45, 2.75) is 0 Å². The molecule has 2 heterocycles. The smallest absolute Gasteiger partial charge is 0.274 e. The van der Waals surface area contributed by atoms with Crippen molar-refractivity contribution in [3.05, 3.63) is 42.0 Å². The van der Waals surface area contributed by atoms with Gasteiger partial charge in [-0.15, -0.1) is 0 Å². The van der Waals surface area contributed by atoms with Crippen LogP contribution in [0.5, 0.6) is 0 Å². The first kappa shape index (κ1) is 11.8. The lowest BCUT2D eigenvalue weighted by atomic mass is 10.2. The van der Waals surface area contributed by atoms with Gasteiger partial charge in [-0.1, -0.05) is 11.8 Å². The zero-order chi connectivity index (χ0) is 12.8. The number of carbonyl (C=O) groups excluding carboxylic acids is 1. The molecule has 90 valence electrons. The van der Waals surface area contributed by atoms with E-state index in [0.717, 1.165) is 0 Å². The highest BCUT2D eigenvalue weighted by Gasteiger charge is 2.07. The van der Waals surface area contributed by atoms with Crippen LogP contribution in [-0.4, -0.2) is 32.8 Å². The van der Waals surface area contributed by atoms with Gasteiger partial charge in [-0.2, -0.15) is 5.10 Å². The summed E-state index contributed by atoms with van der Waals surface area (Å²) in [5.41, 5.74) is 1.50. The molecule has 18 heavy (non-hydrogen) atoms. The van der Waals surface area contributed by atoms with Crippen molar-refractivity contribution in [1.82, 2.24) is 15.2 Å². The standard InChI is InChI=1S/C12H10N4O2/c17-5-1-2-9-3-4-11(13-6-9)12(18)16-10-7-14-15-8-10/h3-4,6-8,17H,5H2,(H,14,15)(H,16,18). The number of hydrogen-bond donors (Lipinski definition) is 3. The fourth-order valence-corrected chi connectivity index (χ4v) is 1.26. The molecule has 0 aliphatic heterocycles. The maximum Gasteiger partial charge on any atom is 0.274 e. The minimum Gasteiger partial charge on any atom is -0.384 e. The summed E-state index contributed by atoms with van der Waals surface area (Å²) in [6.45, 7) is -0.206. The predicted molar refractivity (Wildman–Crippen MR) is 64.7 cm³/mol. The van der Waals surface area contributed by atoms with E-state index in [2.05, 4.69) is 32.3 Å². The number of rotatable bonds is 2. The number of amides is 1. The quantitative estimate of drug-likeness (QED) is 0.665. The predicted octanol–water partition coefficient (Wildman–Crippen LogP) is 0.401. The van der Waals surface area contributed by atoms with E-state index in [1.54, 1.807) is 18.3 Å². The number of anilines is 1. The number of aromatic nitrogens is 3. The van der Waals surface area contributed by atoms with Crippen LogP contribution in [0.15, 0.2) is 30.7 Å². The highest BCUT2D eigenvalue weighted by Crippen LogP contribution is 2.05. The molecule has 1 amide bonds. The Bertz CT molecular complexity index is 579. The molecule has 0 aliphatic rings. The van der Waals surface area contributed by atoms with E-state index in [9.17, 15) is 4.79 Å². The summed E-state index contributed by atoms with van der Waals surface area (Å²) in [7, 11) is 0. The van der Waals surface area contributed by atoms with Crippen molar-refractivity contribution in [3.63, 3.8) is 0 Å². The van der Waals surface area contributed by atoms with Crippen molar-refractivity contribution < 1.29 is 9.90 Å². The van der Waals surface area contributed by atoms with E-state index in [-0.39, 0.29) is 18.2 Å². The number of hydrogen-bond acceptors (Lipinski definition) is 4. The molecule has 0 unspecified atom stereocenters. The van der Waals surface area contributed by atoms with E-state index < -0.39 is 0 Å². The highest BCUT2D eigenvalue weighted by atomic mass is 16.2. The molecular formula is C12H10N4O2. The van der Waals surface area contributed by atoms with E-state index in [4.69, 9.17) is 5.11 Å². The molecular weight excluding hydrogens is 232 g/mol. The molecule has 2 aromatic heterocycles. The first-order valence-electron chi connectivity index (χ1n) is 5.15. The maximum atomic E-state index is 11.7. The van der Waals surface area contributed by atoms with Gasteiger partial charge in [0.2, 0.25) is 0 Å². The van der Waals surface area contributed by atoms with Crippen LogP contribution in [0.2, 0.25) is 0 Å². The Labute approximate surface area is 103 Å². The number of carbonyl (C=O) groups is 1. The first-order chi connectivity index (χ1) is 8.79. The minimum absolute atomic E-state index is 0.206. The van der Waals surface area contributed by atoms with Gasteiger partial charge in [0, 0.05) is 18.0 Å². The second-order valence-corrected chi connectivity index (χ2v) is 3.33. The molecule has 3 N–H and O–H groups in total. The Morgan fingerprint density at radius 2 is 2.33 bits per heavy atom. The molecule has 0 atom stereocenters.